The average Bonchev–Trinajstić information content (AvgIpc) is 2.90. The predicted molar refractivity (Wildman–Crippen MR) is 66.1 cm³/mol. The van der Waals surface area contributed by atoms with Crippen molar-refractivity contribution in [1.29, 1.82) is 0 Å². The fourth-order valence-corrected chi connectivity index (χ4v) is 4.11. The van der Waals surface area contributed by atoms with Crippen LogP contribution in [0.4, 0.5) is 0 Å². The molecule has 0 spiro atoms. The molecule has 2 rings (SSSR count). The van der Waals surface area contributed by atoms with Crippen molar-refractivity contribution < 1.29 is 20.1 Å². The van der Waals surface area contributed by atoms with Crippen LogP contribution in [0.2, 0.25) is 0 Å². The van der Waals surface area contributed by atoms with E-state index in [2.05, 4.69) is 27.7 Å². The first-order chi connectivity index (χ1) is 7.59. The summed E-state index contributed by atoms with van der Waals surface area (Å²) in [6.07, 6.45) is 2.56. The molecule has 1 saturated heterocycles. The van der Waals surface area contributed by atoms with Gasteiger partial charge in [0.25, 0.3) is 0 Å². The number of hydrogen-bond donors (Lipinski definition) is 0. The van der Waals surface area contributed by atoms with Crippen LogP contribution in [0.3, 0.4) is 0 Å². The summed E-state index contributed by atoms with van der Waals surface area (Å²) in [5.74, 6) is 0.618. The van der Waals surface area contributed by atoms with Gasteiger partial charge in [-0.3, -0.25) is 0 Å². The zero-order chi connectivity index (χ0) is 12.1. The Morgan fingerprint density at radius 3 is 1.88 bits per heavy atom. The van der Waals surface area contributed by atoms with Crippen LogP contribution >= 0.6 is 9.85 Å². The number of rotatable bonds is 1. The minimum absolute atomic E-state index is 0.0874. The molecule has 0 radical (unpaired) electrons. The van der Waals surface area contributed by atoms with Gasteiger partial charge in [-0.05, 0) is 12.8 Å². The third-order valence-electron chi connectivity index (χ3n) is 3.52. The van der Waals surface area contributed by atoms with Crippen LogP contribution in [0.25, 0.3) is 0 Å². The summed E-state index contributed by atoms with van der Waals surface area (Å²) < 4.78 is 6.44. The molecule has 0 aromatic carbocycles. The van der Waals surface area contributed by atoms with E-state index < -0.39 is 0 Å². The van der Waals surface area contributed by atoms with Gasteiger partial charge in [-0.25, -0.2) is 0 Å². The molecule has 91 valence electrons. The normalized spacial score (nSPS) is 24.7. The molecule has 0 aromatic heterocycles. The summed E-state index contributed by atoms with van der Waals surface area (Å²) in [4.78, 5) is 0. The van der Waals surface area contributed by atoms with E-state index in [1.165, 1.54) is 33.8 Å². The minimum atomic E-state index is -0.0874. The van der Waals surface area contributed by atoms with E-state index in [1.807, 2.05) is 0 Å². The van der Waals surface area contributed by atoms with Gasteiger partial charge >= 0.3 is 79.8 Å². The number of halogens is 1. The molecule has 1 fully saturated rings. The third kappa shape index (κ3) is 3.40. The zero-order valence-electron chi connectivity index (χ0n) is 10.6. The Morgan fingerprint density at radius 2 is 1.69 bits per heavy atom. The predicted octanol–water partition coefficient (Wildman–Crippen LogP) is 4.28. The van der Waals surface area contributed by atoms with E-state index in [1.54, 1.807) is 0 Å². The Balaban J connectivity index is 0.000000212. The van der Waals surface area contributed by atoms with Crippen molar-refractivity contribution in [3.8, 4) is 0 Å². The van der Waals surface area contributed by atoms with E-state index >= 15 is 0 Å². The molecule has 1 aliphatic heterocycles. The van der Waals surface area contributed by atoms with Crippen LogP contribution in [-0.2, 0) is 20.1 Å². The second-order valence-electron chi connectivity index (χ2n) is 4.44. The summed E-state index contributed by atoms with van der Waals surface area (Å²) in [7, 11) is 5.94. The molecule has 0 amide bonds. The van der Waals surface area contributed by atoms with Gasteiger partial charge in [0.2, 0.25) is 0 Å². The first-order valence-corrected chi connectivity index (χ1v) is 8.49. The molecule has 2 aliphatic rings. The molecular weight excluding hydrogens is 259 g/mol. The fourth-order valence-electron chi connectivity index (χ4n) is 1.99. The Bertz CT molecular complexity index is 295. The van der Waals surface area contributed by atoms with E-state index in [4.69, 9.17) is 14.6 Å². The Hall–Kier alpha value is 0.314. The molecule has 0 aromatic rings. The first-order valence-electron chi connectivity index (χ1n) is 5.87. The monoisotopic (exact) mass is 279 g/mol. The van der Waals surface area contributed by atoms with Gasteiger partial charge in [0.1, 0.15) is 0 Å². The van der Waals surface area contributed by atoms with E-state index in [9.17, 15) is 0 Å². The summed E-state index contributed by atoms with van der Waals surface area (Å²) in [6, 6.07) is 0. The molecule has 16 heavy (non-hydrogen) atoms. The van der Waals surface area contributed by atoms with Gasteiger partial charge in [0.05, 0.1) is 0 Å². The zero-order valence-corrected chi connectivity index (χ0v) is 12.8. The molecule has 1 aliphatic carbocycles. The topological polar surface area (TPSA) is 9.23 Å². The maximum absolute atomic E-state index is 5.94. The molecule has 1 unspecified atom stereocenters. The molecule has 1 heterocycles. The van der Waals surface area contributed by atoms with Crippen LogP contribution in [-0.4, -0.2) is 13.2 Å². The van der Waals surface area contributed by atoms with Crippen LogP contribution < -0.4 is 0 Å². The second-order valence-corrected chi connectivity index (χ2v) is 6.16. The van der Waals surface area contributed by atoms with Gasteiger partial charge < -0.3 is 4.74 Å². The van der Waals surface area contributed by atoms with Crippen molar-refractivity contribution in [2.24, 2.45) is 5.92 Å². The van der Waals surface area contributed by atoms with Crippen LogP contribution in [0.5, 0.6) is 0 Å². The number of ether oxygens (including phenoxy) is 1. The van der Waals surface area contributed by atoms with Crippen molar-refractivity contribution in [1.82, 2.24) is 0 Å². The molecule has 0 bridgehead atoms. The van der Waals surface area contributed by atoms with Crippen molar-refractivity contribution in [3.63, 3.8) is 0 Å². The summed E-state index contributed by atoms with van der Waals surface area (Å²) in [5, 5.41) is 0. The Kier molecular flexibility index (Phi) is 6.21. The quantitative estimate of drug-likeness (QED) is 0.696. The SMILES string of the molecule is C1CCOC1.CC1=C(C)C(C)[C]([V][Cl])=C1C. The molecule has 3 heteroatoms. The van der Waals surface area contributed by atoms with Gasteiger partial charge in [-0.2, -0.15) is 0 Å². The molecule has 0 saturated carbocycles. The molecule has 1 nitrogen and oxygen atoms in total. The number of allylic oxidation sites excluding steroid dienone is 4. The fraction of sp³-hybridized carbons (Fsp3) is 0.692. The van der Waals surface area contributed by atoms with E-state index in [0.29, 0.717) is 5.92 Å². The summed E-state index contributed by atoms with van der Waals surface area (Å²) in [6.45, 7) is 10.9. The van der Waals surface area contributed by atoms with E-state index in [-0.39, 0.29) is 15.3 Å². The van der Waals surface area contributed by atoms with Gasteiger partial charge in [-0.15, -0.1) is 0 Å². The maximum atomic E-state index is 5.94. The second kappa shape index (κ2) is 6.91. The van der Waals surface area contributed by atoms with Gasteiger partial charge in [0, 0.05) is 13.2 Å². The van der Waals surface area contributed by atoms with Crippen molar-refractivity contribution >= 4 is 9.85 Å². The first kappa shape index (κ1) is 14.4. The Labute approximate surface area is 110 Å². The van der Waals surface area contributed by atoms with E-state index in [0.717, 1.165) is 13.2 Å². The van der Waals surface area contributed by atoms with Gasteiger partial charge in [0.15, 0.2) is 0 Å². The third-order valence-corrected chi connectivity index (χ3v) is 5.68. The van der Waals surface area contributed by atoms with Crippen LogP contribution in [0.1, 0.15) is 40.5 Å². The Morgan fingerprint density at radius 1 is 1.12 bits per heavy atom. The standard InChI is InChI=1S/C9H13.C4H8O.ClH.V/c1-6-5-7(2)9(4)8(6)3;1-2-4-5-3-1;;/h6H,1-4H3;1-4H2;1H;/q;;;+1/p-1. The van der Waals surface area contributed by atoms with Crippen molar-refractivity contribution in [2.45, 2.75) is 40.5 Å². The van der Waals surface area contributed by atoms with Gasteiger partial charge in [-0.1, -0.05) is 0 Å². The molecule has 0 N–H and O–H groups in total. The molecule has 1 atom stereocenters. The molecular formula is C13H21ClOV. The van der Waals surface area contributed by atoms with Crippen LogP contribution in [0, 0.1) is 5.92 Å². The number of hydrogen-bond acceptors (Lipinski definition) is 1. The summed E-state index contributed by atoms with van der Waals surface area (Å²) >= 11 is -0.0874. The van der Waals surface area contributed by atoms with Crippen molar-refractivity contribution in [2.75, 3.05) is 13.2 Å². The average molecular weight is 280 g/mol. The summed E-state index contributed by atoms with van der Waals surface area (Å²) in [5.41, 5.74) is 4.42. The van der Waals surface area contributed by atoms with Crippen LogP contribution in [0.15, 0.2) is 21.0 Å². The van der Waals surface area contributed by atoms with Crippen molar-refractivity contribution in [3.05, 3.63) is 21.0 Å².